The summed E-state index contributed by atoms with van der Waals surface area (Å²) in [5, 5.41) is 15.6. The van der Waals surface area contributed by atoms with Crippen LogP contribution in [0.5, 0.6) is 0 Å². The van der Waals surface area contributed by atoms with E-state index in [4.69, 9.17) is 23.2 Å². The average molecular weight is 618 g/mol. The molecule has 3 aromatic rings. The number of nitrogens with zero attached hydrogens (tertiary/aromatic N) is 3. The van der Waals surface area contributed by atoms with E-state index in [9.17, 15) is 9.59 Å². The lowest BCUT2D eigenvalue weighted by atomic mass is 10.2. The summed E-state index contributed by atoms with van der Waals surface area (Å²) in [7, 11) is 0. The Bertz CT molecular complexity index is 1190. The zero-order chi connectivity index (χ0) is 24.1. The minimum absolute atomic E-state index is 0.129. The Morgan fingerprint density at radius 3 is 2.61 bits per heavy atom. The molecule has 7 nitrogen and oxygen atoms in total. The summed E-state index contributed by atoms with van der Waals surface area (Å²) in [4.78, 5) is 25.1. The predicted molar refractivity (Wildman–Crippen MR) is 141 cm³/mol. The van der Waals surface area contributed by atoms with E-state index < -0.39 is 6.04 Å². The van der Waals surface area contributed by atoms with Gasteiger partial charge in [0.05, 0.1) is 22.4 Å². The molecule has 0 aliphatic rings. The third kappa shape index (κ3) is 6.62. The number of aryl methyl sites for hydroxylation is 1. The van der Waals surface area contributed by atoms with Gasteiger partial charge < -0.3 is 15.2 Å². The Balaban J connectivity index is 1.65. The number of anilines is 1. The van der Waals surface area contributed by atoms with Gasteiger partial charge in [0.15, 0.2) is 11.0 Å². The Morgan fingerprint density at radius 1 is 1.18 bits per heavy atom. The van der Waals surface area contributed by atoms with Crippen molar-refractivity contribution in [3.63, 3.8) is 0 Å². The fourth-order valence-corrected chi connectivity index (χ4v) is 5.07. The van der Waals surface area contributed by atoms with Gasteiger partial charge in [0.25, 0.3) is 5.91 Å². The number of amides is 2. The number of carbonyl (C=O) groups excluding carboxylic acids is 2. The van der Waals surface area contributed by atoms with Gasteiger partial charge in [-0.1, -0.05) is 35.0 Å². The van der Waals surface area contributed by atoms with Gasteiger partial charge in [-0.15, -0.1) is 10.2 Å². The zero-order valence-corrected chi connectivity index (χ0v) is 22.6. The maximum atomic E-state index is 12.6. The van der Waals surface area contributed by atoms with Crippen LogP contribution in [-0.2, 0) is 11.3 Å². The van der Waals surface area contributed by atoms with Gasteiger partial charge in [-0.05, 0) is 85.3 Å². The van der Waals surface area contributed by atoms with Crippen molar-refractivity contribution in [2.24, 2.45) is 0 Å². The molecule has 0 spiro atoms. The SMILES string of the molecule is CCn1c(SCC(=O)Nc2ccc(I)cc2C)nnc1[C@@H](C)NC(=O)c1ccc(Cl)cc1Cl. The molecule has 33 heavy (non-hydrogen) atoms. The Morgan fingerprint density at radius 2 is 1.94 bits per heavy atom. The molecule has 0 fully saturated rings. The normalized spacial score (nSPS) is 11.8. The first-order valence-corrected chi connectivity index (χ1v) is 12.9. The van der Waals surface area contributed by atoms with Crippen LogP contribution >= 0.6 is 57.6 Å². The van der Waals surface area contributed by atoms with E-state index in [-0.39, 0.29) is 22.6 Å². The first-order valence-electron chi connectivity index (χ1n) is 10.1. The van der Waals surface area contributed by atoms with Crippen molar-refractivity contribution in [2.45, 2.75) is 38.5 Å². The van der Waals surface area contributed by atoms with E-state index >= 15 is 0 Å². The van der Waals surface area contributed by atoms with E-state index in [1.165, 1.54) is 17.8 Å². The number of hydrogen-bond acceptors (Lipinski definition) is 5. The summed E-state index contributed by atoms with van der Waals surface area (Å²) in [6, 6.07) is 10.1. The van der Waals surface area contributed by atoms with Gasteiger partial charge in [0.2, 0.25) is 5.91 Å². The first kappa shape index (κ1) is 25.8. The van der Waals surface area contributed by atoms with Crippen LogP contribution in [-0.4, -0.2) is 32.3 Å². The molecular weight excluding hydrogens is 596 g/mol. The molecule has 2 amide bonds. The summed E-state index contributed by atoms with van der Waals surface area (Å²) in [5.74, 6) is 0.309. The molecule has 1 heterocycles. The smallest absolute Gasteiger partial charge is 0.253 e. The summed E-state index contributed by atoms with van der Waals surface area (Å²) in [6.07, 6.45) is 0. The third-order valence-corrected chi connectivity index (χ3v) is 6.95. The first-order chi connectivity index (χ1) is 15.7. The Hall–Kier alpha value is -1.82. The van der Waals surface area contributed by atoms with Crippen molar-refractivity contribution >= 4 is 75.1 Å². The molecule has 2 N–H and O–H groups in total. The van der Waals surface area contributed by atoms with Gasteiger partial charge in [-0.3, -0.25) is 9.59 Å². The lowest BCUT2D eigenvalue weighted by Crippen LogP contribution is -2.29. The molecule has 2 aromatic carbocycles. The van der Waals surface area contributed by atoms with E-state index in [0.717, 1.165) is 14.8 Å². The van der Waals surface area contributed by atoms with Crippen molar-refractivity contribution in [3.05, 3.63) is 67.0 Å². The van der Waals surface area contributed by atoms with E-state index in [0.29, 0.717) is 28.1 Å². The molecule has 0 bridgehead atoms. The van der Waals surface area contributed by atoms with Crippen LogP contribution in [0.2, 0.25) is 10.0 Å². The molecule has 3 rings (SSSR count). The fourth-order valence-electron chi connectivity index (χ4n) is 3.12. The van der Waals surface area contributed by atoms with Gasteiger partial charge in [-0.25, -0.2) is 0 Å². The second kappa shape index (κ2) is 11.5. The largest absolute Gasteiger partial charge is 0.342 e. The highest BCUT2D eigenvalue weighted by atomic mass is 127. The Labute approximate surface area is 220 Å². The number of halogens is 3. The highest BCUT2D eigenvalue weighted by molar-refractivity contribution is 14.1. The summed E-state index contributed by atoms with van der Waals surface area (Å²) < 4.78 is 2.99. The molecular formula is C22H22Cl2IN5O2S. The number of nitrogens with one attached hydrogen (secondary N) is 2. The number of aromatic nitrogens is 3. The van der Waals surface area contributed by atoms with Crippen LogP contribution in [0.25, 0.3) is 0 Å². The monoisotopic (exact) mass is 617 g/mol. The van der Waals surface area contributed by atoms with E-state index in [2.05, 4.69) is 43.4 Å². The maximum absolute atomic E-state index is 12.6. The number of rotatable bonds is 8. The topological polar surface area (TPSA) is 88.9 Å². The minimum Gasteiger partial charge on any atom is -0.342 e. The lowest BCUT2D eigenvalue weighted by molar-refractivity contribution is -0.113. The van der Waals surface area contributed by atoms with Crippen LogP contribution in [0.1, 0.15) is 41.6 Å². The van der Waals surface area contributed by atoms with Crippen molar-refractivity contribution in [1.82, 2.24) is 20.1 Å². The highest BCUT2D eigenvalue weighted by Gasteiger charge is 2.21. The predicted octanol–water partition coefficient (Wildman–Crippen LogP) is 5.74. The molecule has 11 heteroatoms. The molecule has 174 valence electrons. The summed E-state index contributed by atoms with van der Waals surface area (Å²) in [5.41, 5.74) is 2.12. The number of benzene rings is 2. The number of thioether (sulfide) groups is 1. The van der Waals surface area contributed by atoms with Crippen LogP contribution in [0.4, 0.5) is 5.69 Å². The molecule has 0 aliphatic heterocycles. The second-order valence-corrected chi connectivity index (χ2v) is 10.2. The number of hydrogen-bond donors (Lipinski definition) is 2. The van der Waals surface area contributed by atoms with Gasteiger partial charge in [0.1, 0.15) is 0 Å². The maximum Gasteiger partial charge on any atom is 0.253 e. The van der Waals surface area contributed by atoms with Crippen LogP contribution in [0, 0.1) is 10.5 Å². The second-order valence-electron chi connectivity index (χ2n) is 7.20. The number of carbonyl (C=O) groups is 2. The van der Waals surface area contributed by atoms with E-state index in [1.54, 1.807) is 12.1 Å². The molecule has 0 saturated carbocycles. The van der Waals surface area contributed by atoms with Crippen LogP contribution in [0.15, 0.2) is 41.6 Å². The van der Waals surface area contributed by atoms with Crippen molar-refractivity contribution in [1.29, 1.82) is 0 Å². The van der Waals surface area contributed by atoms with Crippen molar-refractivity contribution in [3.8, 4) is 0 Å². The van der Waals surface area contributed by atoms with Crippen LogP contribution in [0.3, 0.4) is 0 Å². The summed E-state index contributed by atoms with van der Waals surface area (Å²) in [6.45, 7) is 6.32. The van der Waals surface area contributed by atoms with E-state index in [1.807, 2.05) is 43.5 Å². The minimum atomic E-state index is -0.422. The molecule has 0 radical (unpaired) electrons. The molecule has 0 saturated heterocycles. The quantitative estimate of drug-likeness (QED) is 0.249. The fraction of sp³-hybridized carbons (Fsp3) is 0.273. The summed E-state index contributed by atoms with van der Waals surface area (Å²) >= 11 is 15.6. The molecule has 1 aromatic heterocycles. The van der Waals surface area contributed by atoms with Gasteiger partial charge in [0, 0.05) is 20.8 Å². The zero-order valence-electron chi connectivity index (χ0n) is 18.2. The standard InChI is InChI=1S/C22H22Cl2IN5O2S/c1-4-30-20(13(3)26-21(32)16-7-5-14(23)10-17(16)24)28-29-22(30)33-11-19(31)27-18-8-6-15(25)9-12(18)2/h5-10,13H,4,11H2,1-3H3,(H,26,32)(H,27,31)/t13-/m1/s1. The third-order valence-electron chi connectivity index (χ3n) is 4.77. The molecule has 1 atom stereocenters. The van der Waals surface area contributed by atoms with Crippen LogP contribution < -0.4 is 10.6 Å². The van der Waals surface area contributed by atoms with Gasteiger partial charge >= 0.3 is 0 Å². The van der Waals surface area contributed by atoms with Gasteiger partial charge in [-0.2, -0.15) is 0 Å². The van der Waals surface area contributed by atoms with Crippen molar-refractivity contribution in [2.75, 3.05) is 11.1 Å². The molecule has 0 aliphatic carbocycles. The molecule has 0 unspecified atom stereocenters. The van der Waals surface area contributed by atoms with Crippen molar-refractivity contribution < 1.29 is 9.59 Å². The average Bonchev–Trinajstić information content (AvgIpc) is 3.17. The Kier molecular flexibility index (Phi) is 9.02. The highest BCUT2D eigenvalue weighted by Crippen LogP contribution is 2.24. The lowest BCUT2D eigenvalue weighted by Gasteiger charge is -2.15.